The van der Waals surface area contributed by atoms with Crippen molar-refractivity contribution in [1.29, 1.82) is 0 Å². The Morgan fingerprint density at radius 3 is 2.53 bits per heavy atom. The van der Waals surface area contributed by atoms with Crippen molar-refractivity contribution in [3.05, 3.63) is 70.2 Å². The van der Waals surface area contributed by atoms with Gasteiger partial charge in [0.25, 0.3) is 0 Å². The number of alkyl halides is 3. The molecule has 0 N–H and O–H groups in total. The van der Waals surface area contributed by atoms with Crippen LogP contribution in [-0.4, -0.2) is 29.2 Å². The molecule has 1 heterocycles. The molecule has 32 heavy (non-hydrogen) atoms. The summed E-state index contributed by atoms with van der Waals surface area (Å²) in [4.78, 5) is 20.1. The van der Waals surface area contributed by atoms with E-state index in [2.05, 4.69) is 5.16 Å². The molecule has 4 nitrogen and oxygen atoms in total. The fraction of sp³-hybridized carbons (Fsp3) is 0.417. The van der Waals surface area contributed by atoms with Crippen molar-refractivity contribution in [1.82, 2.24) is 4.90 Å². The lowest BCUT2D eigenvalue weighted by molar-refractivity contribution is -0.137. The summed E-state index contributed by atoms with van der Waals surface area (Å²) in [6.45, 7) is 6.09. The number of carbonyl (C=O) groups excluding carboxylic acids is 1. The van der Waals surface area contributed by atoms with Gasteiger partial charge >= 0.3 is 6.18 Å². The van der Waals surface area contributed by atoms with E-state index in [1.54, 1.807) is 17.0 Å². The zero-order valence-electron chi connectivity index (χ0n) is 18.2. The summed E-state index contributed by atoms with van der Waals surface area (Å²) < 4.78 is 39.4. The highest BCUT2D eigenvalue weighted by atomic mass is 35.5. The molecule has 0 aliphatic carbocycles. The van der Waals surface area contributed by atoms with Crippen LogP contribution >= 0.6 is 11.6 Å². The summed E-state index contributed by atoms with van der Waals surface area (Å²) >= 11 is 6.25. The number of hydrogen-bond donors (Lipinski definition) is 0. The maximum atomic E-state index is 13.1. The predicted octanol–water partition coefficient (Wildman–Crippen LogP) is 6.32. The van der Waals surface area contributed by atoms with Gasteiger partial charge in [0.05, 0.1) is 17.8 Å². The van der Waals surface area contributed by atoms with Crippen molar-refractivity contribution >= 4 is 23.2 Å². The molecule has 0 saturated heterocycles. The Bertz CT molecular complexity index is 999. The summed E-state index contributed by atoms with van der Waals surface area (Å²) in [5.74, 6) is -0.148. The number of carbonyl (C=O) groups is 1. The fourth-order valence-electron chi connectivity index (χ4n) is 3.51. The molecule has 8 heteroatoms. The zero-order chi connectivity index (χ0) is 23.5. The maximum Gasteiger partial charge on any atom is 0.416 e. The van der Waals surface area contributed by atoms with Crippen molar-refractivity contribution in [2.45, 2.75) is 52.4 Å². The third-order valence-electron chi connectivity index (χ3n) is 5.00. The SMILES string of the molecule is CC(C)(C)CC(=O)N(Cc1cccc(C(F)(F)F)c1)C[C@@H]1CC(c2ccccc2Cl)=NO1. The molecule has 0 unspecified atom stereocenters. The molecule has 1 aliphatic heterocycles. The monoisotopic (exact) mass is 466 g/mol. The van der Waals surface area contributed by atoms with Crippen molar-refractivity contribution in [2.75, 3.05) is 6.54 Å². The molecule has 1 atom stereocenters. The van der Waals surface area contributed by atoms with Crippen LogP contribution in [0.2, 0.25) is 5.02 Å². The second-order valence-corrected chi connectivity index (χ2v) is 9.57. The Morgan fingerprint density at radius 1 is 1.16 bits per heavy atom. The lowest BCUT2D eigenvalue weighted by Gasteiger charge is -2.28. The summed E-state index contributed by atoms with van der Waals surface area (Å²) in [7, 11) is 0. The molecule has 172 valence electrons. The second-order valence-electron chi connectivity index (χ2n) is 9.16. The van der Waals surface area contributed by atoms with Crippen LogP contribution in [0.5, 0.6) is 0 Å². The maximum absolute atomic E-state index is 13.1. The summed E-state index contributed by atoms with van der Waals surface area (Å²) in [5, 5.41) is 4.69. The Balaban J connectivity index is 1.76. The highest BCUT2D eigenvalue weighted by Gasteiger charge is 2.32. The van der Waals surface area contributed by atoms with E-state index in [1.165, 1.54) is 6.07 Å². The average molecular weight is 467 g/mol. The van der Waals surface area contributed by atoms with Crippen LogP contribution in [0.4, 0.5) is 13.2 Å². The van der Waals surface area contributed by atoms with Crippen molar-refractivity contribution in [2.24, 2.45) is 10.6 Å². The van der Waals surface area contributed by atoms with Crippen LogP contribution in [0.15, 0.2) is 53.7 Å². The van der Waals surface area contributed by atoms with Crippen LogP contribution < -0.4 is 0 Å². The first-order chi connectivity index (χ1) is 14.9. The second kappa shape index (κ2) is 9.53. The molecular weight excluding hydrogens is 441 g/mol. The molecule has 2 aromatic carbocycles. The van der Waals surface area contributed by atoms with Gasteiger partial charge in [-0.15, -0.1) is 0 Å². The molecule has 0 bridgehead atoms. The van der Waals surface area contributed by atoms with E-state index in [0.29, 0.717) is 22.7 Å². The molecule has 0 fully saturated rings. The number of benzene rings is 2. The van der Waals surface area contributed by atoms with Gasteiger partial charge < -0.3 is 9.74 Å². The first kappa shape index (κ1) is 24.1. The Kier molecular flexibility index (Phi) is 7.18. The van der Waals surface area contributed by atoms with Gasteiger partial charge in [-0.3, -0.25) is 4.79 Å². The normalized spacial score (nSPS) is 16.5. The van der Waals surface area contributed by atoms with E-state index in [9.17, 15) is 18.0 Å². The summed E-state index contributed by atoms with van der Waals surface area (Å²) in [6.07, 6.45) is -4.14. The molecule has 0 spiro atoms. The van der Waals surface area contributed by atoms with Crippen LogP contribution in [0, 0.1) is 5.41 Å². The number of oxime groups is 1. The summed E-state index contributed by atoms with van der Waals surface area (Å²) in [5.41, 5.74) is 0.857. The van der Waals surface area contributed by atoms with Gasteiger partial charge in [-0.25, -0.2) is 0 Å². The molecule has 1 amide bonds. The third kappa shape index (κ3) is 6.48. The van der Waals surface area contributed by atoms with Crippen LogP contribution in [0.25, 0.3) is 0 Å². The van der Waals surface area contributed by atoms with Crippen LogP contribution in [0.3, 0.4) is 0 Å². The number of hydrogen-bond acceptors (Lipinski definition) is 3. The van der Waals surface area contributed by atoms with Gasteiger partial charge in [-0.2, -0.15) is 13.2 Å². The lowest BCUT2D eigenvalue weighted by Crippen LogP contribution is -2.38. The number of amides is 1. The largest absolute Gasteiger partial charge is 0.416 e. The van der Waals surface area contributed by atoms with E-state index >= 15 is 0 Å². The molecule has 0 saturated carbocycles. The van der Waals surface area contributed by atoms with Crippen molar-refractivity contribution in [3.63, 3.8) is 0 Å². The lowest BCUT2D eigenvalue weighted by atomic mass is 9.91. The first-order valence-corrected chi connectivity index (χ1v) is 10.7. The molecule has 0 radical (unpaired) electrons. The number of halogens is 4. The average Bonchev–Trinajstić information content (AvgIpc) is 3.14. The minimum absolute atomic E-state index is 0.0557. The Hall–Kier alpha value is -2.54. The van der Waals surface area contributed by atoms with Gasteiger partial charge in [0.15, 0.2) is 6.10 Å². The minimum atomic E-state index is -4.44. The molecule has 3 rings (SSSR count). The quantitative estimate of drug-likeness (QED) is 0.500. The molecule has 0 aromatic heterocycles. The van der Waals surface area contributed by atoms with E-state index < -0.39 is 17.8 Å². The van der Waals surface area contributed by atoms with Crippen molar-refractivity contribution < 1.29 is 22.8 Å². The minimum Gasteiger partial charge on any atom is -0.390 e. The number of rotatable bonds is 6. The van der Waals surface area contributed by atoms with E-state index in [-0.39, 0.29) is 30.8 Å². The molecule has 2 aromatic rings. The fourth-order valence-corrected chi connectivity index (χ4v) is 3.76. The van der Waals surface area contributed by atoms with Gasteiger partial charge in [-0.1, -0.05) is 67.9 Å². The van der Waals surface area contributed by atoms with Gasteiger partial charge in [0.2, 0.25) is 5.91 Å². The van der Waals surface area contributed by atoms with E-state index in [1.807, 2.05) is 39.0 Å². The van der Waals surface area contributed by atoms with E-state index in [4.69, 9.17) is 16.4 Å². The third-order valence-corrected chi connectivity index (χ3v) is 5.33. The Labute approximate surface area is 191 Å². The van der Waals surface area contributed by atoms with Crippen molar-refractivity contribution in [3.8, 4) is 0 Å². The predicted molar refractivity (Wildman–Crippen MR) is 118 cm³/mol. The smallest absolute Gasteiger partial charge is 0.390 e. The summed E-state index contributed by atoms with van der Waals surface area (Å²) in [6, 6.07) is 12.3. The van der Waals surface area contributed by atoms with Crippen LogP contribution in [-0.2, 0) is 22.4 Å². The van der Waals surface area contributed by atoms with E-state index in [0.717, 1.165) is 17.7 Å². The Morgan fingerprint density at radius 2 is 1.88 bits per heavy atom. The topological polar surface area (TPSA) is 41.9 Å². The highest BCUT2D eigenvalue weighted by molar-refractivity contribution is 6.34. The van der Waals surface area contributed by atoms with Gasteiger partial charge in [0.1, 0.15) is 0 Å². The molecular formula is C24H26ClF3N2O2. The van der Waals surface area contributed by atoms with Gasteiger partial charge in [0, 0.05) is 30.0 Å². The number of nitrogens with zero attached hydrogens (tertiary/aromatic N) is 2. The van der Waals surface area contributed by atoms with Gasteiger partial charge in [-0.05, 0) is 29.2 Å². The zero-order valence-corrected chi connectivity index (χ0v) is 19.0. The van der Waals surface area contributed by atoms with Crippen LogP contribution in [0.1, 0.15) is 50.3 Å². The standard InChI is InChI=1S/C24H26ClF3N2O2/c1-23(2,3)13-22(31)30(14-16-7-6-8-17(11-16)24(26,27)28)15-18-12-21(29-32-18)19-9-4-5-10-20(19)25/h4-11,18H,12-15H2,1-3H3/t18-/m0/s1. The molecule has 1 aliphatic rings. The first-order valence-electron chi connectivity index (χ1n) is 10.3. The highest BCUT2D eigenvalue weighted by Crippen LogP contribution is 2.30.